The minimum absolute atomic E-state index is 0.211. The quantitative estimate of drug-likeness (QED) is 0.723. The van der Waals surface area contributed by atoms with E-state index >= 15 is 0 Å². The number of rotatable bonds is 2. The van der Waals surface area contributed by atoms with Crippen LogP contribution in [0.25, 0.3) is 0 Å². The first kappa shape index (κ1) is 9.46. The summed E-state index contributed by atoms with van der Waals surface area (Å²) in [7, 11) is 0. The highest BCUT2D eigenvalue weighted by molar-refractivity contribution is 8.00. The highest BCUT2D eigenvalue weighted by Crippen LogP contribution is 2.46. The van der Waals surface area contributed by atoms with Crippen LogP contribution in [0, 0.1) is 5.92 Å². The van der Waals surface area contributed by atoms with Crippen molar-refractivity contribution >= 4 is 17.5 Å². The largest absolute Gasteiger partial charge is 0.364 e. The second kappa shape index (κ2) is 3.67. The lowest BCUT2D eigenvalue weighted by Crippen LogP contribution is -2.24. The van der Waals surface area contributed by atoms with Gasteiger partial charge < -0.3 is 4.52 Å². The number of hydrogen-bond donors (Lipinski definition) is 0. The normalized spacial score (nSPS) is 34.3. The van der Waals surface area contributed by atoms with E-state index < -0.39 is 0 Å². The number of ketones is 1. The summed E-state index contributed by atoms with van der Waals surface area (Å²) in [6.07, 6.45) is 7.68. The molecule has 1 aromatic rings. The highest BCUT2D eigenvalue weighted by atomic mass is 32.2. The SMILES string of the molecule is O=C(c1cnoc1)C1CC2CCC(C1)S2. The van der Waals surface area contributed by atoms with E-state index in [9.17, 15) is 4.79 Å². The molecule has 0 saturated carbocycles. The van der Waals surface area contributed by atoms with E-state index in [1.165, 1.54) is 25.3 Å². The Balaban J connectivity index is 1.75. The van der Waals surface area contributed by atoms with Gasteiger partial charge in [0.25, 0.3) is 0 Å². The van der Waals surface area contributed by atoms with Crippen molar-refractivity contribution in [3.63, 3.8) is 0 Å². The van der Waals surface area contributed by atoms with Crippen molar-refractivity contribution in [2.75, 3.05) is 0 Å². The zero-order chi connectivity index (χ0) is 10.3. The van der Waals surface area contributed by atoms with Crippen molar-refractivity contribution in [2.24, 2.45) is 5.92 Å². The number of carbonyl (C=O) groups is 1. The van der Waals surface area contributed by atoms with Gasteiger partial charge in [-0.05, 0) is 25.7 Å². The third-order valence-electron chi connectivity index (χ3n) is 3.38. The number of nitrogens with zero attached hydrogens (tertiary/aromatic N) is 1. The van der Waals surface area contributed by atoms with Crippen LogP contribution in [0.3, 0.4) is 0 Å². The van der Waals surface area contributed by atoms with Gasteiger partial charge in [-0.2, -0.15) is 11.8 Å². The first-order chi connectivity index (χ1) is 7.33. The van der Waals surface area contributed by atoms with E-state index in [2.05, 4.69) is 16.9 Å². The predicted molar refractivity (Wildman–Crippen MR) is 58.0 cm³/mol. The van der Waals surface area contributed by atoms with Crippen molar-refractivity contribution in [1.29, 1.82) is 0 Å². The number of hydrogen-bond acceptors (Lipinski definition) is 4. The van der Waals surface area contributed by atoms with Crippen LogP contribution in [-0.2, 0) is 0 Å². The van der Waals surface area contributed by atoms with Gasteiger partial charge in [0.05, 0.1) is 11.8 Å². The summed E-state index contributed by atoms with van der Waals surface area (Å²) in [6.45, 7) is 0. The molecule has 2 aliphatic rings. The van der Waals surface area contributed by atoms with E-state index in [0.29, 0.717) is 5.56 Å². The molecule has 2 bridgehead atoms. The van der Waals surface area contributed by atoms with Gasteiger partial charge in [-0.15, -0.1) is 0 Å². The number of Topliss-reactive ketones (excluding diaryl/α,β-unsaturated/α-hetero) is 1. The first-order valence-corrected chi connectivity index (χ1v) is 6.36. The molecule has 0 N–H and O–H groups in total. The maximum atomic E-state index is 12.1. The molecule has 1 aromatic heterocycles. The third-order valence-corrected chi connectivity index (χ3v) is 5.00. The minimum atomic E-state index is 0.211. The lowest BCUT2D eigenvalue weighted by atomic mass is 9.92. The topological polar surface area (TPSA) is 43.1 Å². The predicted octanol–water partition coefficient (Wildman–Crippen LogP) is 2.53. The summed E-state index contributed by atoms with van der Waals surface area (Å²) in [4.78, 5) is 12.1. The molecule has 2 fully saturated rings. The molecule has 2 atom stereocenters. The maximum Gasteiger partial charge on any atom is 0.170 e. The summed E-state index contributed by atoms with van der Waals surface area (Å²) in [5.41, 5.74) is 0.645. The molecule has 0 aromatic carbocycles. The summed E-state index contributed by atoms with van der Waals surface area (Å²) in [5, 5.41) is 5.03. The molecule has 3 rings (SSSR count). The lowest BCUT2D eigenvalue weighted by Gasteiger charge is -2.25. The van der Waals surface area contributed by atoms with Gasteiger partial charge in [-0.1, -0.05) is 5.16 Å². The standard InChI is InChI=1S/C11H13NO2S/c13-11(8-5-12-14-6-8)7-3-9-1-2-10(4-7)15-9/h5-7,9-10H,1-4H2. The number of aromatic nitrogens is 1. The Morgan fingerprint density at radius 1 is 1.40 bits per heavy atom. The van der Waals surface area contributed by atoms with Gasteiger partial charge >= 0.3 is 0 Å². The van der Waals surface area contributed by atoms with Crippen LogP contribution in [0.2, 0.25) is 0 Å². The fraction of sp³-hybridized carbons (Fsp3) is 0.636. The van der Waals surface area contributed by atoms with Crippen molar-refractivity contribution in [3.8, 4) is 0 Å². The summed E-state index contributed by atoms with van der Waals surface area (Å²) in [6, 6.07) is 0. The monoisotopic (exact) mass is 223 g/mol. The number of fused-ring (bicyclic) bond motifs is 2. The first-order valence-electron chi connectivity index (χ1n) is 5.42. The van der Waals surface area contributed by atoms with Crippen molar-refractivity contribution in [1.82, 2.24) is 5.16 Å². The highest BCUT2D eigenvalue weighted by Gasteiger charge is 2.38. The molecule has 3 nitrogen and oxygen atoms in total. The molecule has 0 radical (unpaired) electrons. The average molecular weight is 223 g/mol. The van der Waals surface area contributed by atoms with Gasteiger partial charge in [-0.3, -0.25) is 4.79 Å². The Bertz CT molecular complexity index is 351. The van der Waals surface area contributed by atoms with Crippen LogP contribution < -0.4 is 0 Å². The van der Waals surface area contributed by atoms with E-state index in [4.69, 9.17) is 4.52 Å². The van der Waals surface area contributed by atoms with E-state index in [1.54, 1.807) is 0 Å². The van der Waals surface area contributed by atoms with Gasteiger partial charge in [0.1, 0.15) is 6.26 Å². The van der Waals surface area contributed by atoms with Crippen LogP contribution >= 0.6 is 11.8 Å². The van der Waals surface area contributed by atoms with Gasteiger partial charge in [0.2, 0.25) is 0 Å². The van der Waals surface area contributed by atoms with Crippen LogP contribution in [0.15, 0.2) is 17.0 Å². The van der Waals surface area contributed by atoms with Crippen molar-refractivity contribution < 1.29 is 9.32 Å². The second-order valence-corrected chi connectivity index (χ2v) is 6.01. The zero-order valence-electron chi connectivity index (χ0n) is 8.39. The Hall–Kier alpha value is -0.770. The lowest BCUT2D eigenvalue weighted by molar-refractivity contribution is 0.0906. The van der Waals surface area contributed by atoms with Gasteiger partial charge in [0.15, 0.2) is 5.78 Å². The molecular weight excluding hydrogens is 210 g/mol. The average Bonchev–Trinajstić information content (AvgIpc) is 2.87. The van der Waals surface area contributed by atoms with Crippen molar-refractivity contribution in [3.05, 3.63) is 18.0 Å². The Labute approximate surface area is 92.6 Å². The molecule has 2 unspecified atom stereocenters. The summed E-state index contributed by atoms with van der Waals surface area (Å²) in [5.74, 6) is 0.441. The number of carbonyl (C=O) groups excluding carboxylic acids is 1. The molecule has 0 spiro atoms. The van der Waals surface area contributed by atoms with E-state index in [0.717, 1.165) is 23.3 Å². The minimum Gasteiger partial charge on any atom is -0.364 e. The zero-order valence-corrected chi connectivity index (χ0v) is 9.20. The molecular formula is C11H13NO2S. The van der Waals surface area contributed by atoms with Crippen LogP contribution in [0.1, 0.15) is 36.0 Å². The van der Waals surface area contributed by atoms with Crippen LogP contribution in [0.4, 0.5) is 0 Å². The fourth-order valence-electron chi connectivity index (χ4n) is 2.63. The Morgan fingerprint density at radius 2 is 2.13 bits per heavy atom. The Kier molecular flexibility index (Phi) is 2.31. The molecule has 3 heterocycles. The smallest absolute Gasteiger partial charge is 0.170 e. The van der Waals surface area contributed by atoms with Gasteiger partial charge in [0, 0.05) is 16.4 Å². The molecule has 2 aliphatic heterocycles. The molecule has 0 aliphatic carbocycles. The van der Waals surface area contributed by atoms with E-state index in [1.807, 2.05) is 0 Å². The fourth-order valence-corrected chi connectivity index (χ4v) is 4.41. The van der Waals surface area contributed by atoms with Gasteiger partial charge in [-0.25, -0.2) is 0 Å². The summed E-state index contributed by atoms with van der Waals surface area (Å²) < 4.78 is 4.72. The molecule has 2 saturated heterocycles. The molecule has 0 amide bonds. The second-order valence-electron chi connectivity index (χ2n) is 4.40. The molecule has 15 heavy (non-hydrogen) atoms. The van der Waals surface area contributed by atoms with Crippen molar-refractivity contribution in [2.45, 2.75) is 36.2 Å². The van der Waals surface area contributed by atoms with Crippen LogP contribution in [-0.4, -0.2) is 21.4 Å². The third kappa shape index (κ3) is 1.71. The number of thioether (sulfide) groups is 1. The maximum absolute atomic E-state index is 12.1. The molecule has 80 valence electrons. The summed E-state index contributed by atoms with van der Waals surface area (Å²) >= 11 is 2.08. The van der Waals surface area contributed by atoms with E-state index in [-0.39, 0.29) is 11.7 Å². The Morgan fingerprint density at radius 3 is 2.73 bits per heavy atom. The molecule has 4 heteroatoms. The van der Waals surface area contributed by atoms with Crippen LogP contribution in [0.5, 0.6) is 0 Å².